The maximum Gasteiger partial charge on any atom is 0.223 e. The Morgan fingerprint density at radius 3 is 2.60 bits per heavy atom. The number of carbonyl (C=O) groups excluding carboxylic acids is 1. The van der Waals surface area contributed by atoms with Crippen LogP contribution in [0, 0.1) is 11.7 Å². The van der Waals surface area contributed by atoms with E-state index >= 15 is 0 Å². The second-order valence-electron chi connectivity index (χ2n) is 6.39. The summed E-state index contributed by atoms with van der Waals surface area (Å²) in [5.74, 6) is -1.16. The summed E-state index contributed by atoms with van der Waals surface area (Å²) >= 11 is 0. The molecule has 1 heterocycles. The van der Waals surface area contributed by atoms with Gasteiger partial charge in [0, 0.05) is 37.7 Å². The molecule has 25 heavy (non-hydrogen) atoms. The lowest BCUT2D eigenvalue weighted by molar-refractivity contribution is -0.127. The van der Waals surface area contributed by atoms with Crippen molar-refractivity contribution in [3.05, 3.63) is 35.6 Å². The normalized spacial score (nSPS) is 18.0. The Morgan fingerprint density at radius 1 is 1.36 bits per heavy atom. The third-order valence-electron chi connectivity index (χ3n) is 4.32. The molecule has 1 atom stereocenters. The summed E-state index contributed by atoms with van der Waals surface area (Å²) in [5, 5.41) is 2.87. The van der Waals surface area contributed by atoms with E-state index in [1.54, 1.807) is 13.2 Å². The number of methoxy groups -OCH3 is 1. The molecule has 0 spiro atoms. The second kappa shape index (κ2) is 8.73. The maximum absolute atomic E-state index is 13.7. The number of benzene rings is 1. The van der Waals surface area contributed by atoms with Gasteiger partial charge in [0.2, 0.25) is 15.9 Å². The first-order valence-electron chi connectivity index (χ1n) is 8.34. The van der Waals surface area contributed by atoms with Gasteiger partial charge in [0.15, 0.2) is 0 Å². The summed E-state index contributed by atoms with van der Waals surface area (Å²) in [6, 6.07) is 5.79. The molecule has 1 aromatic rings. The van der Waals surface area contributed by atoms with Gasteiger partial charge in [-0.25, -0.2) is 17.1 Å². The molecular weight excluding hydrogens is 347 g/mol. The van der Waals surface area contributed by atoms with Crippen LogP contribution in [0.1, 0.15) is 25.3 Å². The highest BCUT2D eigenvalue weighted by Gasteiger charge is 2.31. The molecule has 0 aromatic heterocycles. The van der Waals surface area contributed by atoms with Gasteiger partial charge >= 0.3 is 0 Å². The number of sulfonamides is 1. The number of hydrogen-bond acceptors (Lipinski definition) is 4. The molecule has 0 aliphatic carbocycles. The largest absolute Gasteiger partial charge is 0.383 e. The smallest absolute Gasteiger partial charge is 0.223 e. The van der Waals surface area contributed by atoms with Crippen LogP contribution in [0.15, 0.2) is 24.3 Å². The van der Waals surface area contributed by atoms with Crippen molar-refractivity contribution in [1.29, 1.82) is 0 Å². The van der Waals surface area contributed by atoms with Crippen molar-refractivity contribution < 1.29 is 22.3 Å². The highest BCUT2D eigenvalue weighted by Crippen LogP contribution is 2.22. The maximum atomic E-state index is 13.7. The lowest BCUT2D eigenvalue weighted by atomic mass is 9.97. The number of piperidine rings is 1. The minimum atomic E-state index is -3.60. The third-order valence-corrected chi connectivity index (χ3v) is 6.15. The Labute approximate surface area is 148 Å². The minimum absolute atomic E-state index is 0.0734. The van der Waals surface area contributed by atoms with Crippen LogP contribution in [0.5, 0.6) is 0 Å². The number of ether oxygens (including phenoxy) is 1. The molecule has 1 amide bonds. The molecule has 0 radical (unpaired) electrons. The molecule has 1 saturated heterocycles. The van der Waals surface area contributed by atoms with Crippen LogP contribution in [0.2, 0.25) is 0 Å². The van der Waals surface area contributed by atoms with Crippen molar-refractivity contribution in [2.24, 2.45) is 5.92 Å². The number of carbonyl (C=O) groups is 1. The molecule has 1 aliphatic rings. The fourth-order valence-electron chi connectivity index (χ4n) is 2.95. The average Bonchev–Trinajstić information content (AvgIpc) is 2.57. The predicted octanol–water partition coefficient (Wildman–Crippen LogP) is 1.52. The van der Waals surface area contributed by atoms with E-state index in [0.717, 1.165) is 0 Å². The van der Waals surface area contributed by atoms with E-state index in [1.165, 1.54) is 22.5 Å². The van der Waals surface area contributed by atoms with E-state index in [1.807, 2.05) is 6.92 Å². The van der Waals surface area contributed by atoms with Gasteiger partial charge in [0.1, 0.15) is 5.82 Å². The van der Waals surface area contributed by atoms with Crippen LogP contribution >= 0.6 is 0 Å². The summed E-state index contributed by atoms with van der Waals surface area (Å²) in [6.45, 7) is 2.83. The van der Waals surface area contributed by atoms with E-state index in [-0.39, 0.29) is 42.3 Å². The van der Waals surface area contributed by atoms with Crippen molar-refractivity contribution in [2.75, 3.05) is 26.8 Å². The summed E-state index contributed by atoms with van der Waals surface area (Å²) in [6.07, 6.45) is 0.921. The Balaban J connectivity index is 1.90. The van der Waals surface area contributed by atoms with E-state index in [9.17, 15) is 17.6 Å². The van der Waals surface area contributed by atoms with E-state index in [4.69, 9.17) is 4.74 Å². The quantitative estimate of drug-likeness (QED) is 0.787. The van der Waals surface area contributed by atoms with Gasteiger partial charge in [-0.2, -0.15) is 0 Å². The predicted molar refractivity (Wildman–Crippen MR) is 92.8 cm³/mol. The summed E-state index contributed by atoms with van der Waals surface area (Å²) in [5.41, 5.74) is 0.163. The number of amides is 1. The Hall–Kier alpha value is -1.51. The summed E-state index contributed by atoms with van der Waals surface area (Å²) in [7, 11) is -2.03. The van der Waals surface area contributed by atoms with E-state index in [2.05, 4.69) is 5.32 Å². The highest BCUT2D eigenvalue weighted by molar-refractivity contribution is 7.88. The fraction of sp³-hybridized carbons (Fsp3) is 0.588. The molecule has 0 bridgehead atoms. The van der Waals surface area contributed by atoms with Gasteiger partial charge in [-0.3, -0.25) is 4.79 Å². The average molecular weight is 372 g/mol. The monoisotopic (exact) mass is 372 g/mol. The lowest BCUT2D eigenvalue weighted by Gasteiger charge is -2.31. The molecule has 140 valence electrons. The Bertz CT molecular complexity index is 688. The first-order chi connectivity index (χ1) is 11.8. The number of nitrogens with one attached hydrogen (secondary N) is 1. The summed E-state index contributed by atoms with van der Waals surface area (Å²) in [4.78, 5) is 12.2. The first kappa shape index (κ1) is 19.8. The van der Waals surface area contributed by atoms with Crippen molar-refractivity contribution >= 4 is 15.9 Å². The number of rotatable bonds is 7. The molecule has 2 rings (SSSR count). The molecule has 8 heteroatoms. The topological polar surface area (TPSA) is 75.7 Å². The van der Waals surface area contributed by atoms with Crippen molar-refractivity contribution in [2.45, 2.75) is 31.6 Å². The molecule has 1 aromatic carbocycles. The zero-order valence-electron chi connectivity index (χ0n) is 14.6. The van der Waals surface area contributed by atoms with Crippen LogP contribution in [-0.4, -0.2) is 51.5 Å². The van der Waals surface area contributed by atoms with Gasteiger partial charge < -0.3 is 10.1 Å². The van der Waals surface area contributed by atoms with Crippen LogP contribution in [-0.2, 0) is 25.3 Å². The highest BCUT2D eigenvalue weighted by atomic mass is 32.2. The zero-order valence-corrected chi connectivity index (χ0v) is 15.4. The van der Waals surface area contributed by atoms with Gasteiger partial charge in [-0.1, -0.05) is 18.2 Å². The van der Waals surface area contributed by atoms with E-state index < -0.39 is 15.8 Å². The Morgan fingerprint density at radius 2 is 2.00 bits per heavy atom. The second-order valence-corrected chi connectivity index (χ2v) is 8.35. The van der Waals surface area contributed by atoms with Crippen LogP contribution in [0.3, 0.4) is 0 Å². The van der Waals surface area contributed by atoms with Crippen LogP contribution < -0.4 is 5.32 Å². The molecular formula is C17H25FN2O4S. The SMILES string of the molecule is COC[C@@H](C)NC(=O)C1CCN(S(=O)(=O)Cc2ccccc2F)CC1. The molecule has 1 aliphatic heterocycles. The lowest BCUT2D eigenvalue weighted by Crippen LogP contribution is -2.45. The first-order valence-corrected chi connectivity index (χ1v) is 9.95. The van der Waals surface area contributed by atoms with Gasteiger partial charge in [0.05, 0.1) is 12.4 Å². The number of nitrogens with zero attached hydrogens (tertiary/aromatic N) is 1. The molecule has 1 N–H and O–H groups in total. The Kier molecular flexibility index (Phi) is 6.92. The molecule has 0 unspecified atom stereocenters. The van der Waals surface area contributed by atoms with Crippen LogP contribution in [0.4, 0.5) is 4.39 Å². The molecule has 6 nitrogen and oxygen atoms in total. The van der Waals surface area contributed by atoms with Gasteiger partial charge in [-0.05, 0) is 25.8 Å². The standard InChI is InChI=1S/C17H25FN2O4S/c1-13(11-24-2)19-17(21)14-7-9-20(10-8-14)25(22,23)12-15-5-3-4-6-16(15)18/h3-6,13-14H,7-12H2,1-2H3,(H,19,21)/t13-/m1/s1. The molecule has 1 fully saturated rings. The number of hydrogen-bond donors (Lipinski definition) is 1. The number of halogens is 1. The zero-order chi connectivity index (χ0) is 18.4. The van der Waals surface area contributed by atoms with Gasteiger partial charge in [-0.15, -0.1) is 0 Å². The van der Waals surface area contributed by atoms with E-state index in [0.29, 0.717) is 19.4 Å². The van der Waals surface area contributed by atoms with Gasteiger partial charge in [0.25, 0.3) is 0 Å². The minimum Gasteiger partial charge on any atom is -0.383 e. The van der Waals surface area contributed by atoms with Crippen molar-refractivity contribution in [1.82, 2.24) is 9.62 Å². The van der Waals surface area contributed by atoms with Crippen LogP contribution in [0.25, 0.3) is 0 Å². The van der Waals surface area contributed by atoms with Crippen molar-refractivity contribution in [3.63, 3.8) is 0 Å². The molecule has 0 saturated carbocycles. The summed E-state index contributed by atoms with van der Waals surface area (Å²) < 4.78 is 45.0. The third kappa shape index (κ3) is 5.49. The fourth-order valence-corrected chi connectivity index (χ4v) is 4.53. The van der Waals surface area contributed by atoms with Crippen molar-refractivity contribution in [3.8, 4) is 0 Å².